The van der Waals surface area contributed by atoms with Crippen molar-refractivity contribution in [1.82, 2.24) is 4.98 Å². The Morgan fingerprint density at radius 2 is 1.81 bits per heavy atom. The lowest BCUT2D eigenvalue weighted by Gasteiger charge is -2.06. The third kappa shape index (κ3) is 2.83. The second-order valence-electron chi connectivity index (χ2n) is 4.59. The molecule has 4 nitrogen and oxygen atoms in total. The number of fused-ring (bicyclic) bond motifs is 1. The number of carbonyl (C=O) groups is 1. The van der Waals surface area contributed by atoms with E-state index in [1.807, 2.05) is 18.2 Å². The molecule has 0 saturated carbocycles. The van der Waals surface area contributed by atoms with Crippen molar-refractivity contribution in [1.29, 1.82) is 0 Å². The van der Waals surface area contributed by atoms with E-state index in [2.05, 4.69) is 29.2 Å². The summed E-state index contributed by atoms with van der Waals surface area (Å²) in [6, 6.07) is 15.9. The molecular weight excluding hydrogens is 282 g/mol. The Morgan fingerprint density at radius 3 is 2.57 bits per heavy atom. The van der Waals surface area contributed by atoms with Crippen LogP contribution in [-0.2, 0) is 0 Å². The maximum atomic E-state index is 11.3. The highest BCUT2D eigenvalue weighted by Crippen LogP contribution is 2.30. The zero-order chi connectivity index (χ0) is 14.8. The minimum atomic E-state index is -0.546. The van der Waals surface area contributed by atoms with Gasteiger partial charge in [-0.25, -0.2) is 4.98 Å². The van der Waals surface area contributed by atoms with Gasteiger partial charge >= 0.3 is 0 Å². The molecule has 3 rings (SSSR count). The molecule has 1 amide bonds. The van der Waals surface area contributed by atoms with Crippen molar-refractivity contribution in [3.8, 4) is 0 Å². The first-order valence-corrected chi connectivity index (χ1v) is 7.17. The monoisotopic (exact) mass is 295 g/mol. The summed E-state index contributed by atoms with van der Waals surface area (Å²) >= 11 is 1.47. The smallest absolute Gasteiger partial charge is 0.250 e. The normalized spacial score (nSPS) is 10.7. The van der Waals surface area contributed by atoms with E-state index in [1.165, 1.54) is 23.3 Å². The topological polar surface area (TPSA) is 82.0 Å². The van der Waals surface area contributed by atoms with E-state index < -0.39 is 5.91 Å². The fourth-order valence-corrected chi connectivity index (χ4v) is 2.91. The van der Waals surface area contributed by atoms with Crippen molar-refractivity contribution in [3.05, 3.63) is 60.3 Å². The maximum Gasteiger partial charge on any atom is 0.250 e. The first kappa shape index (κ1) is 13.5. The van der Waals surface area contributed by atoms with Crippen LogP contribution in [0.25, 0.3) is 10.8 Å². The van der Waals surface area contributed by atoms with Gasteiger partial charge in [0.05, 0.1) is 17.4 Å². The molecule has 0 spiro atoms. The summed E-state index contributed by atoms with van der Waals surface area (Å²) in [5, 5.41) is 3.03. The fourth-order valence-electron chi connectivity index (χ4n) is 2.07. The molecule has 5 heteroatoms. The van der Waals surface area contributed by atoms with Crippen LogP contribution in [0.1, 0.15) is 10.4 Å². The first-order chi connectivity index (χ1) is 10.1. The van der Waals surface area contributed by atoms with Crippen LogP contribution in [0.2, 0.25) is 0 Å². The van der Waals surface area contributed by atoms with E-state index in [0.29, 0.717) is 16.3 Å². The predicted molar refractivity (Wildman–Crippen MR) is 85.2 cm³/mol. The Kier molecular flexibility index (Phi) is 3.50. The van der Waals surface area contributed by atoms with E-state index in [1.54, 1.807) is 6.07 Å². The van der Waals surface area contributed by atoms with Crippen molar-refractivity contribution in [3.63, 3.8) is 0 Å². The van der Waals surface area contributed by atoms with Crippen LogP contribution in [0.4, 0.5) is 5.69 Å². The van der Waals surface area contributed by atoms with Gasteiger partial charge in [0.25, 0.3) is 5.91 Å². The zero-order valence-corrected chi connectivity index (χ0v) is 11.9. The van der Waals surface area contributed by atoms with Gasteiger partial charge in [0, 0.05) is 4.90 Å². The number of carbonyl (C=O) groups excluding carboxylic acids is 1. The average molecular weight is 295 g/mol. The predicted octanol–water partition coefficient (Wildman–Crippen LogP) is 3.07. The summed E-state index contributed by atoms with van der Waals surface area (Å²) in [5.74, 6) is -0.546. The number of nitrogens with zero attached hydrogens (tertiary/aromatic N) is 1. The molecule has 21 heavy (non-hydrogen) atoms. The number of benzene rings is 2. The number of aromatic nitrogens is 1. The molecule has 4 N–H and O–H groups in total. The van der Waals surface area contributed by atoms with Gasteiger partial charge in [-0.3, -0.25) is 4.79 Å². The number of primary amides is 1. The Bertz CT molecular complexity index is 833. The molecular formula is C16H13N3OS. The maximum absolute atomic E-state index is 11.3. The van der Waals surface area contributed by atoms with Crippen LogP contribution in [0.15, 0.2) is 64.6 Å². The van der Waals surface area contributed by atoms with Crippen molar-refractivity contribution in [2.45, 2.75) is 9.92 Å². The largest absolute Gasteiger partial charge is 0.397 e. The SMILES string of the molecule is NC(=O)c1cc(Sc2ccc3ccccc3c2)ncc1N. The lowest BCUT2D eigenvalue weighted by atomic mass is 10.1. The van der Waals surface area contributed by atoms with Crippen molar-refractivity contribution < 1.29 is 4.79 Å². The third-order valence-corrected chi connectivity index (χ3v) is 4.04. The van der Waals surface area contributed by atoms with Crippen LogP contribution < -0.4 is 11.5 Å². The Balaban J connectivity index is 1.94. The second-order valence-corrected chi connectivity index (χ2v) is 5.68. The minimum Gasteiger partial charge on any atom is -0.397 e. The quantitative estimate of drug-likeness (QED) is 0.778. The molecule has 0 radical (unpaired) electrons. The summed E-state index contributed by atoms with van der Waals surface area (Å²) < 4.78 is 0. The Morgan fingerprint density at radius 1 is 1.05 bits per heavy atom. The van der Waals surface area contributed by atoms with Gasteiger partial charge in [-0.2, -0.15) is 0 Å². The molecule has 104 valence electrons. The summed E-state index contributed by atoms with van der Waals surface area (Å²) in [7, 11) is 0. The fraction of sp³-hybridized carbons (Fsp3) is 0. The van der Waals surface area contributed by atoms with Crippen LogP contribution in [0.5, 0.6) is 0 Å². The molecule has 0 fully saturated rings. The van der Waals surface area contributed by atoms with Gasteiger partial charge in [0.15, 0.2) is 0 Å². The molecule has 0 aliphatic carbocycles. The van der Waals surface area contributed by atoms with Crippen LogP contribution in [0, 0.1) is 0 Å². The molecule has 1 aromatic heterocycles. The summed E-state index contributed by atoms with van der Waals surface area (Å²) in [6.07, 6.45) is 1.46. The highest BCUT2D eigenvalue weighted by molar-refractivity contribution is 7.99. The number of anilines is 1. The lowest BCUT2D eigenvalue weighted by molar-refractivity contribution is 0.100. The van der Waals surface area contributed by atoms with Gasteiger partial charge in [-0.1, -0.05) is 42.1 Å². The van der Waals surface area contributed by atoms with Gasteiger partial charge < -0.3 is 11.5 Å². The van der Waals surface area contributed by atoms with E-state index in [4.69, 9.17) is 11.5 Å². The number of nitrogen functional groups attached to an aromatic ring is 1. The summed E-state index contributed by atoms with van der Waals surface area (Å²) in [5.41, 5.74) is 11.6. The minimum absolute atomic E-state index is 0.297. The Hall–Kier alpha value is -2.53. The van der Waals surface area contributed by atoms with Gasteiger partial charge in [0.2, 0.25) is 0 Å². The molecule has 0 bridgehead atoms. The molecule has 3 aromatic rings. The molecule has 0 saturated heterocycles. The first-order valence-electron chi connectivity index (χ1n) is 6.35. The zero-order valence-electron chi connectivity index (χ0n) is 11.1. The van der Waals surface area contributed by atoms with Crippen LogP contribution in [-0.4, -0.2) is 10.9 Å². The average Bonchev–Trinajstić information content (AvgIpc) is 2.49. The van der Waals surface area contributed by atoms with Gasteiger partial charge in [-0.15, -0.1) is 0 Å². The van der Waals surface area contributed by atoms with E-state index in [9.17, 15) is 4.79 Å². The van der Waals surface area contributed by atoms with Gasteiger partial charge in [0.1, 0.15) is 5.03 Å². The van der Waals surface area contributed by atoms with Crippen molar-refractivity contribution in [2.24, 2.45) is 5.73 Å². The summed E-state index contributed by atoms with van der Waals surface area (Å²) in [6.45, 7) is 0. The number of nitrogens with two attached hydrogens (primary N) is 2. The van der Waals surface area contributed by atoms with Crippen LogP contribution in [0.3, 0.4) is 0 Å². The molecule has 1 heterocycles. The third-order valence-electron chi connectivity index (χ3n) is 3.12. The molecule has 0 atom stereocenters. The molecule has 0 aliphatic rings. The highest BCUT2D eigenvalue weighted by atomic mass is 32.2. The van der Waals surface area contributed by atoms with E-state index in [-0.39, 0.29) is 0 Å². The number of amides is 1. The molecule has 2 aromatic carbocycles. The van der Waals surface area contributed by atoms with Crippen molar-refractivity contribution in [2.75, 3.05) is 5.73 Å². The Labute approximate surface area is 126 Å². The highest BCUT2D eigenvalue weighted by Gasteiger charge is 2.09. The number of hydrogen-bond acceptors (Lipinski definition) is 4. The lowest BCUT2D eigenvalue weighted by Crippen LogP contribution is -2.13. The molecule has 0 unspecified atom stereocenters. The number of rotatable bonds is 3. The standard InChI is InChI=1S/C16H13N3OS/c17-14-9-19-15(8-13(14)16(18)20)21-12-6-5-10-3-1-2-4-11(10)7-12/h1-9H,17H2,(H2,18,20). The molecule has 0 aliphatic heterocycles. The van der Waals surface area contributed by atoms with E-state index >= 15 is 0 Å². The summed E-state index contributed by atoms with van der Waals surface area (Å²) in [4.78, 5) is 16.6. The number of hydrogen-bond donors (Lipinski definition) is 2. The van der Waals surface area contributed by atoms with Crippen LogP contribution >= 0.6 is 11.8 Å². The van der Waals surface area contributed by atoms with E-state index in [0.717, 1.165) is 10.3 Å². The second kappa shape index (κ2) is 5.46. The number of pyridine rings is 1. The van der Waals surface area contributed by atoms with Crippen molar-refractivity contribution >= 4 is 34.1 Å². The van der Waals surface area contributed by atoms with Gasteiger partial charge in [-0.05, 0) is 29.0 Å².